The van der Waals surface area contributed by atoms with Gasteiger partial charge in [0.15, 0.2) is 0 Å². The predicted molar refractivity (Wildman–Crippen MR) is 109 cm³/mol. The van der Waals surface area contributed by atoms with Crippen molar-refractivity contribution in [2.24, 2.45) is 39.9 Å². The third-order valence-electron chi connectivity index (χ3n) is 9.48. The molecule has 4 aliphatic carbocycles. The van der Waals surface area contributed by atoms with Gasteiger partial charge in [-0.15, -0.1) is 0 Å². The van der Waals surface area contributed by atoms with Gasteiger partial charge in [0.2, 0.25) is 0 Å². The van der Waals surface area contributed by atoms with Crippen LogP contribution in [0.4, 0.5) is 0 Å². The average Bonchev–Trinajstić information content (AvgIpc) is 2.81. The Morgan fingerprint density at radius 2 is 1.63 bits per heavy atom. The highest BCUT2D eigenvalue weighted by Crippen LogP contribution is 2.71. The second-order valence-corrected chi connectivity index (χ2v) is 11.3. The quantitative estimate of drug-likeness (QED) is 0.690. The first-order valence-corrected chi connectivity index (χ1v) is 11.4. The number of ether oxygens (including phenoxy) is 2. The molecule has 6 heteroatoms. The summed E-state index contributed by atoms with van der Waals surface area (Å²) in [6, 6.07) is 0. The average molecular weight is 421 g/mol. The van der Waals surface area contributed by atoms with Gasteiger partial charge in [0.05, 0.1) is 11.5 Å². The van der Waals surface area contributed by atoms with Gasteiger partial charge in [0, 0.05) is 31.1 Å². The Labute approximate surface area is 179 Å². The van der Waals surface area contributed by atoms with Crippen LogP contribution in [0.5, 0.6) is 0 Å². The van der Waals surface area contributed by atoms with Crippen LogP contribution < -0.4 is 0 Å². The number of rotatable bonds is 2. The number of hydrogen-bond acceptors (Lipinski definition) is 6. The van der Waals surface area contributed by atoms with Crippen molar-refractivity contribution in [3.8, 4) is 0 Å². The van der Waals surface area contributed by atoms with E-state index < -0.39 is 17.6 Å². The van der Waals surface area contributed by atoms with E-state index in [1.807, 2.05) is 6.92 Å². The third-order valence-corrected chi connectivity index (χ3v) is 9.48. The van der Waals surface area contributed by atoms with Crippen molar-refractivity contribution < 1.29 is 29.0 Å². The van der Waals surface area contributed by atoms with E-state index >= 15 is 0 Å². The molecule has 6 nitrogen and oxygen atoms in total. The Morgan fingerprint density at radius 1 is 1.03 bits per heavy atom. The minimum Gasteiger partial charge on any atom is -0.462 e. The molecule has 168 valence electrons. The topological polar surface area (TPSA) is 89.9 Å². The fraction of sp³-hybridized carbons (Fsp3) is 0.875. The smallest absolute Gasteiger partial charge is 0.302 e. The monoisotopic (exact) mass is 420 g/mol. The van der Waals surface area contributed by atoms with E-state index in [0.717, 1.165) is 6.42 Å². The van der Waals surface area contributed by atoms with Gasteiger partial charge in [-0.3, -0.25) is 14.4 Å². The maximum atomic E-state index is 13.7. The summed E-state index contributed by atoms with van der Waals surface area (Å²) in [6.07, 6.45) is 2.02. The van der Waals surface area contributed by atoms with E-state index in [-0.39, 0.29) is 58.3 Å². The molecule has 0 saturated heterocycles. The Bertz CT molecular complexity index is 774. The zero-order chi connectivity index (χ0) is 22.2. The molecular weight excluding hydrogens is 384 g/mol. The van der Waals surface area contributed by atoms with Crippen molar-refractivity contribution >= 4 is 17.7 Å². The van der Waals surface area contributed by atoms with Gasteiger partial charge in [0.25, 0.3) is 0 Å². The fourth-order valence-corrected chi connectivity index (χ4v) is 8.42. The van der Waals surface area contributed by atoms with Crippen molar-refractivity contribution in [2.45, 2.75) is 92.0 Å². The number of aliphatic hydroxyl groups excluding tert-OH is 1. The maximum absolute atomic E-state index is 13.7. The fourth-order valence-electron chi connectivity index (χ4n) is 8.42. The van der Waals surface area contributed by atoms with Crippen molar-refractivity contribution in [3.05, 3.63) is 0 Å². The molecule has 0 aromatic rings. The molecule has 0 aromatic carbocycles. The van der Waals surface area contributed by atoms with Gasteiger partial charge in [-0.25, -0.2) is 0 Å². The lowest BCUT2D eigenvalue weighted by atomic mass is 9.39. The molecule has 1 N–H and O–H groups in total. The van der Waals surface area contributed by atoms with Crippen LogP contribution in [-0.4, -0.2) is 41.1 Å². The third kappa shape index (κ3) is 2.74. The summed E-state index contributed by atoms with van der Waals surface area (Å²) in [5.41, 5.74) is -1.45. The highest BCUT2D eigenvalue weighted by atomic mass is 16.5. The lowest BCUT2D eigenvalue weighted by molar-refractivity contribution is -0.246. The molecule has 1 unspecified atom stereocenters. The first-order valence-electron chi connectivity index (χ1n) is 11.4. The first-order chi connectivity index (χ1) is 13.9. The molecular formula is C24H36O6. The summed E-state index contributed by atoms with van der Waals surface area (Å²) < 4.78 is 11.6. The molecule has 9 atom stereocenters. The molecule has 4 fully saturated rings. The molecule has 0 heterocycles. The lowest BCUT2D eigenvalue weighted by Crippen LogP contribution is -2.68. The molecule has 2 bridgehead atoms. The number of ketones is 1. The van der Waals surface area contributed by atoms with E-state index in [4.69, 9.17) is 9.47 Å². The standard InChI is InChI=1S/C24H36O6/c1-12-15-9-16(27)20-23(6)8-7-18(29-13(2)25)22(4,5)17(23)10-19(30-14(3)26)24(20,11-15)21(12)28/h12,15-20,27H,7-11H2,1-6H3/t12-,15+,16+,17?,18-,19-,20+,23-,24+/m1/s1. The van der Waals surface area contributed by atoms with Gasteiger partial charge in [0.1, 0.15) is 18.0 Å². The number of fused-ring (bicyclic) bond motifs is 3. The van der Waals surface area contributed by atoms with Crippen molar-refractivity contribution in [3.63, 3.8) is 0 Å². The largest absolute Gasteiger partial charge is 0.462 e. The first kappa shape index (κ1) is 21.8. The van der Waals surface area contributed by atoms with Crippen molar-refractivity contribution in [1.82, 2.24) is 0 Å². The number of esters is 2. The van der Waals surface area contributed by atoms with E-state index in [1.54, 1.807) is 0 Å². The Balaban J connectivity index is 1.83. The number of hydrogen-bond donors (Lipinski definition) is 1. The number of Topliss-reactive ketones (excluding diaryl/α,β-unsaturated/α-hetero) is 1. The van der Waals surface area contributed by atoms with Crippen LogP contribution in [0, 0.1) is 39.9 Å². The van der Waals surface area contributed by atoms with Gasteiger partial charge in [-0.2, -0.15) is 0 Å². The van der Waals surface area contributed by atoms with Crippen LogP contribution in [0.2, 0.25) is 0 Å². The highest BCUT2D eigenvalue weighted by Gasteiger charge is 2.74. The molecule has 4 saturated carbocycles. The molecule has 4 rings (SSSR count). The highest BCUT2D eigenvalue weighted by molar-refractivity contribution is 5.91. The Kier molecular flexibility index (Phi) is 4.93. The van der Waals surface area contributed by atoms with E-state index in [2.05, 4.69) is 20.8 Å². The second-order valence-electron chi connectivity index (χ2n) is 11.3. The molecule has 4 aliphatic rings. The van der Waals surface area contributed by atoms with Crippen LogP contribution in [-0.2, 0) is 23.9 Å². The molecule has 1 spiro atoms. The minimum atomic E-state index is -0.803. The molecule has 30 heavy (non-hydrogen) atoms. The molecule has 0 aliphatic heterocycles. The number of carbonyl (C=O) groups is 3. The van der Waals surface area contributed by atoms with Gasteiger partial charge in [-0.1, -0.05) is 27.7 Å². The van der Waals surface area contributed by atoms with Crippen LogP contribution in [0.3, 0.4) is 0 Å². The van der Waals surface area contributed by atoms with Crippen LogP contribution >= 0.6 is 0 Å². The number of carbonyl (C=O) groups excluding carboxylic acids is 3. The van der Waals surface area contributed by atoms with Crippen LogP contribution in [0.1, 0.15) is 73.6 Å². The zero-order valence-electron chi connectivity index (χ0n) is 19.1. The van der Waals surface area contributed by atoms with Crippen LogP contribution in [0.25, 0.3) is 0 Å². The summed E-state index contributed by atoms with van der Waals surface area (Å²) in [4.78, 5) is 37.5. The van der Waals surface area contributed by atoms with E-state index in [0.29, 0.717) is 25.7 Å². The second kappa shape index (κ2) is 6.78. The summed E-state index contributed by atoms with van der Waals surface area (Å²) in [7, 11) is 0. The lowest BCUT2D eigenvalue weighted by Gasteiger charge is -2.66. The van der Waals surface area contributed by atoms with Crippen molar-refractivity contribution in [2.75, 3.05) is 0 Å². The van der Waals surface area contributed by atoms with Gasteiger partial charge in [-0.05, 0) is 49.4 Å². The SMILES string of the molecule is CC(=O)O[C@@H]1CC[C@]2(C)C(C[C@@H](OC(C)=O)[C@@]34C[C@H](C[C@H](O)[C@H]32)[C@@H](C)C4=O)C1(C)C. The molecule has 0 radical (unpaired) electrons. The summed E-state index contributed by atoms with van der Waals surface area (Å²) in [6.45, 7) is 11.2. The normalized spacial score (nSPS) is 49.0. The summed E-state index contributed by atoms with van der Waals surface area (Å²) >= 11 is 0. The number of aliphatic hydroxyl groups is 1. The Morgan fingerprint density at radius 3 is 2.23 bits per heavy atom. The zero-order valence-corrected chi connectivity index (χ0v) is 19.1. The van der Waals surface area contributed by atoms with Gasteiger partial charge >= 0.3 is 11.9 Å². The predicted octanol–water partition coefficient (Wildman–Crippen LogP) is 3.29. The maximum Gasteiger partial charge on any atom is 0.302 e. The van der Waals surface area contributed by atoms with E-state index in [9.17, 15) is 19.5 Å². The summed E-state index contributed by atoms with van der Waals surface area (Å²) in [5.74, 6) is -0.676. The minimum absolute atomic E-state index is 0.0537. The van der Waals surface area contributed by atoms with Crippen LogP contribution in [0.15, 0.2) is 0 Å². The van der Waals surface area contributed by atoms with Crippen molar-refractivity contribution in [1.29, 1.82) is 0 Å². The molecule has 0 aromatic heterocycles. The van der Waals surface area contributed by atoms with Gasteiger partial charge < -0.3 is 14.6 Å². The van der Waals surface area contributed by atoms with E-state index in [1.165, 1.54) is 13.8 Å². The molecule has 0 amide bonds. The summed E-state index contributed by atoms with van der Waals surface area (Å²) in [5, 5.41) is 11.4. The Hall–Kier alpha value is -1.43.